The lowest BCUT2D eigenvalue weighted by Crippen LogP contribution is -2.28. The van der Waals surface area contributed by atoms with E-state index in [1.54, 1.807) is 30.3 Å². The third-order valence-electron chi connectivity index (χ3n) is 4.09. The lowest BCUT2D eigenvalue weighted by molar-refractivity contribution is -0.116. The summed E-state index contributed by atoms with van der Waals surface area (Å²) in [6.45, 7) is 3.95. The molecule has 1 aromatic rings. The molecule has 5 heteroatoms. The molecular weight excluding hydrogens is 290 g/mol. The van der Waals surface area contributed by atoms with Crippen LogP contribution in [0.5, 0.6) is 0 Å². The molecule has 0 heterocycles. The minimum atomic E-state index is -0.279. The van der Waals surface area contributed by atoms with E-state index in [1.165, 1.54) is 25.7 Å². The largest absolute Gasteiger partial charge is 0.334 e. The monoisotopic (exact) mass is 315 g/mol. The van der Waals surface area contributed by atoms with Crippen LogP contribution in [0.4, 0.5) is 16.2 Å². The lowest BCUT2D eigenvalue weighted by Gasteiger charge is -2.10. The molecule has 0 aromatic heterocycles. The second kappa shape index (κ2) is 8.98. The van der Waals surface area contributed by atoms with E-state index in [0.717, 1.165) is 18.0 Å². The van der Waals surface area contributed by atoms with Gasteiger partial charge in [-0.2, -0.15) is 0 Å². The summed E-state index contributed by atoms with van der Waals surface area (Å²) in [6.07, 6.45) is 8.32. The summed E-state index contributed by atoms with van der Waals surface area (Å²) in [5, 5.41) is 8.24. The van der Waals surface area contributed by atoms with Crippen LogP contribution < -0.4 is 16.0 Å². The van der Waals surface area contributed by atoms with Crippen LogP contribution in [0, 0.1) is 5.92 Å². The number of carbonyl (C=O) groups excluding carboxylic acids is 2. The standard InChI is InChI=1S/C18H25N3O2/c1-2-13-19-18(23)21-16-10-8-15(9-11-16)20-17(22)12-7-14-5-3-4-6-14/h2,8-11,14H,1,3-7,12-13H2,(H,20,22)(H2,19,21,23). The zero-order valence-corrected chi connectivity index (χ0v) is 13.4. The molecule has 0 aliphatic heterocycles. The van der Waals surface area contributed by atoms with Crippen molar-refractivity contribution < 1.29 is 9.59 Å². The molecule has 1 aliphatic carbocycles. The molecule has 0 radical (unpaired) electrons. The summed E-state index contributed by atoms with van der Waals surface area (Å²) in [5.41, 5.74) is 1.42. The quantitative estimate of drug-likeness (QED) is 0.668. The van der Waals surface area contributed by atoms with Crippen LogP contribution in [0.2, 0.25) is 0 Å². The topological polar surface area (TPSA) is 70.2 Å². The van der Waals surface area contributed by atoms with Gasteiger partial charge in [0.05, 0.1) is 0 Å². The van der Waals surface area contributed by atoms with Gasteiger partial charge in [-0.1, -0.05) is 31.8 Å². The SMILES string of the molecule is C=CCNC(=O)Nc1ccc(NC(=O)CCC2CCCC2)cc1. The van der Waals surface area contributed by atoms with E-state index in [1.807, 2.05) is 0 Å². The molecule has 0 saturated heterocycles. The van der Waals surface area contributed by atoms with Crippen molar-refractivity contribution in [1.29, 1.82) is 0 Å². The Labute approximate surface area is 137 Å². The number of hydrogen-bond acceptors (Lipinski definition) is 2. The van der Waals surface area contributed by atoms with Crippen molar-refractivity contribution in [2.24, 2.45) is 5.92 Å². The molecule has 5 nitrogen and oxygen atoms in total. The Hall–Kier alpha value is -2.30. The molecule has 1 saturated carbocycles. The van der Waals surface area contributed by atoms with Gasteiger partial charge in [0.25, 0.3) is 0 Å². The Kier molecular flexibility index (Phi) is 6.66. The number of carbonyl (C=O) groups is 2. The zero-order chi connectivity index (χ0) is 16.5. The van der Waals surface area contributed by atoms with Crippen molar-refractivity contribution in [1.82, 2.24) is 5.32 Å². The Morgan fingerprint density at radius 2 is 1.70 bits per heavy atom. The van der Waals surface area contributed by atoms with Gasteiger partial charge in [0.1, 0.15) is 0 Å². The Balaban J connectivity index is 1.74. The van der Waals surface area contributed by atoms with Gasteiger partial charge in [0.15, 0.2) is 0 Å². The minimum Gasteiger partial charge on any atom is -0.334 e. The van der Waals surface area contributed by atoms with E-state index in [0.29, 0.717) is 18.7 Å². The van der Waals surface area contributed by atoms with Gasteiger partial charge in [-0.3, -0.25) is 4.79 Å². The fraction of sp³-hybridized carbons (Fsp3) is 0.444. The molecule has 0 unspecified atom stereocenters. The van der Waals surface area contributed by atoms with Gasteiger partial charge in [0.2, 0.25) is 5.91 Å². The van der Waals surface area contributed by atoms with Crippen molar-refractivity contribution >= 4 is 23.3 Å². The Morgan fingerprint density at radius 1 is 1.09 bits per heavy atom. The van der Waals surface area contributed by atoms with E-state index >= 15 is 0 Å². The first kappa shape index (κ1) is 17.1. The number of rotatable bonds is 7. The Morgan fingerprint density at radius 3 is 2.30 bits per heavy atom. The number of amides is 3. The molecule has 3 amide bonds. The highest BCUT2D eigenvalue weighted by molar-refractivity contribution is 5.92. The molecule has 2 rings (SSSR count). The smallest absolute Gasteiger partial charge is 0.319 e. The van der Waals surface area contributed by atoms with E-state index in [2.05, 4.69) is 22.5 Å². The van der Waals surface area contributed by atoms with Gasteiger partial charge in [-0.25, -0.2) is 4.79 Å². The maximum atomic E-state index is 11.9. The molecule has 1 aliphatic rings. The normalized spacial score (nSPS) is 14.3. The van der Waals surface area contributed by atoms with Crippen molar-refractivity contribution in [2.45, 2.75) is 38.5 Å². The number of nitrogens with one attached hydrogen (secondary N) is 3. The molecule has 0 bridgehead atoms. The second-order valence-corrected chi connectivity index (χ2v) is 5.94. The van der Waals surface area contributed by atoms with Gasteiger partial charge >= 0.3 is 6.03 Å². The second-order valence-electron chi connectivity index (χ2n) is 5.94. The minimum absolute atomic E-state index is 0.0568. The van der Waals surface area contributed by atoms with Gasteiger partial charge in [0, 0.05) is 24.3 Å². The lowest BCUT2D eigenvalue weighted by atomic mass is 10.0. The summed E-state index contributed by atoms with van der Waals surface area (Å²) in [7, 11) is 0. The van der Waals surface area contributed by atoms with E-state index < -0.39 is 0 Å². The summed E-state index contributed by atoms with van der Waals surface area (Å²) in [4.78, 5) is 23.5. The zero-order valence-electron chi connectivity index (χ0n) is 13.4. The van der Waals surface area contributed by atoms with E-state index in [9.17, 15) is 9.59 Å². The third kappa shape index (κ3) is 6.14. The predicted molar refractivity (Wildman–Crippen MR) is 93.5 cm³/mol. The molecule has 23 heavy (non-hydrogen) atoms. The fourth-order valence-electron chi connectivity index (χ4n) is 2.83. The van der Waals surface area contributed by atoms with Gasteiger partial charge < -0.3 is 16.0 Å². The maximum Gasteiger partial charge on any atom is 0.319 e. The highest BCUT2D eigenvalue weighted by atomic mass is 16.2. The number of urea groups is 1. The predicted octanol–water partition coefficient (Wildman–Crippen LogP) is 3.90. The summed E-state index contributed by atoms with van der Waals surface area (Å²) in [6, 6.07) is 6.83. The van der Waals surface area contributed by atoms with Crippen molar-refractivity contribution in [3.63, 3.8) is 0 Å². The molecule has 1 aromatic carbocycles. The number of hydrogen-bond donors (Lipinski definition) is 3. The first-order valence-corrected chi connectivity index (χ1v) is 8.23. The van der Waals surface area contributed by atoms with Crippen LogP contribution in [-0.2, 0) is 4.79 Å². The number of benzene rings is 1. The average Bonchev–Trinajstić information content (AvgIpc) is 3.06. The molecule has 3 N–H and O–H groups in total. The van der Waals surface area contributed by atoms with Gasteiger partial charge in [-0.15, -0.1) is 6.58 Å². The summed E-state index contributed by atoms with van der Waals surface area (Å²) in [5.74, 6) is 0.780. The highest BCUT2D eigenvalue weighted by Crippen LogP contribution is 2.28. The van der Waals surface area contributed by atoms with Crippen molar-refractivity contribution in [3.05, 3.63) is 36.9 Å². The molecule has 0 spiro atoms. The molecule has 1 fully saturated rings. The number of anilines is 2. The first-order chi connectivity index (χ1) is 11.2. The van der Waals surface area contributed by atoms with E-state index in [4.69, 9.17) is 0 Å². The maximum absolute atomic E-state index is 11.9. The van der Waals surface area contributed by atoms with E-state index in [-0.39, 0.29) is 11.9 Å². The van der Waals surface area contributed by atoms with Crippen LogP contribution in [-0.4, -0.2) is 18.5 Å². The van der Waals surface area contributed by atoms with Crippen molar-refractivity contribution in [3.8, 4) is 0 Å². The summed E-state index contributed by atoms with van der Waals surface area (Å²) < 4.78 is 0. The first-order valence-electron chi connectivity index (χ1n) is 8.23. The average molecular weight is 315 g/mol. The molecular formula is C18H25N3O2. The summed E-state index contributed by atoms with van der Waals surface area (Å²) >= 11 is 0. The highest BCUT2D eigenvalue weighted by Gasteiger charge is 2.16. The molecule has 0 atom stereocenters. The van der Waals surface area contributed by atoms with Crippen LogP contribution >= 0.6 is 0 Å². The van der Waals surface area contributed by atoms with Crippen LogP contribution in [0.1, 0.15) is 38.5 Å². The third-order valence-corrected chi connectivity index (χ3v) is 4.09. The van der Waals surface area contributed by atoms with Crippen LogP contribution in [0.15, 0.2) is 36.9 Å². The van der Waals surface area contributed by atoms with Crippen LogP contribution in [0.3, 0.4) is 0 Å². The fourth-order valence-corrected chi connectivity index (χ4v) is 2.83. The van der Waals surface area contributed by atoms with Crippen LogP contribution in [0.25, 0.3) is 0 Å². The van der Waals surface area contributed by atoms with Gasteiger partial charge in [-0.05, 0) is 36.6 Å². The Bertz CT molecular complexity index is 534. The van der Waals surface area contributed by atoms with Crippen molar-refractivity contribution in [2.75, 3.05) is 17.2 Å². The molecule has 124 valence electrons.